The summed E-state index contributed by atoms with van der Waals surface area (Å²) in [5, 5.41) is 3.71. The van der Waals surface area contributed by atoms with E-state index in [-0.39, 0.29) is 30.1 Å². The molecule has 0 atom stereocenters. The van der Waals surface area contributed by atoms with E-state index in [0.717, 1.165) is 11.3 Å². The normalized spacial score (nSPS) is 14.6. The van der Waals surface area contributed by atoms with Gasteiger partial charge in [0.05, 0.1) is 35.1 Å². The van der Waals surface area contributed by atoms with Gasteiger partial charge in [-0.15, -0.1) is 22.7 Å². The van der Waals surface area contributed by atoms with E-state index >= 15 is 0 Å². The molecule has 0 fully saturated rings. The minimum Gasteiger partial charge on any atom is -0.462 e. The summed E-state index contributed by atoms with van der Waals surface area (Å²) >= 11 is 2.32. The fraction of sp³-hybridized carbons (Fsp3) is 0.300. The van der Waals surface area contributed by atoms with Crippen molar-refractivity contribution in [2.75, 3.05) is 17.7 Å². The largest absolute Gasteiger partial charge is 0.462 e. The molecule has 1 aliphatic rings. The van der Waals surface area contributed by atoms with Gasteiger partial charge in [-0.2, -0.15) is 0 Å². The molecule has 4 rings (SSSR count). The van der Waals surface area contributed by atoms with Crippen molar-refractivity contribution < 1.29 is 22.7 Å². The molecule has 4 heterocycles. The van der Waals surface area contributed by atoms with E-state index in [1.54, 1.807) is 26.1 Å². The molecule has 0 aliphatic carbocycles. The number of nitrogens with zero attached hydrogens (tertiary/aromatic N) is 2. The molecule has 1 N–H and O–H groups in total. The van der Waals surface area contributed by atoms with Crippen molar-refractivity contribution in [3.05, 3.63) is 51.0 Å². The number of sulfone groups is 1. The standard InChI is InChI=1S/C20H19N3O5S3/c1-3-28-20(25)15-12-7-9-31(26,27)10-14(12)29-19(15)23-17(24)16-11(2)22-18(30-16)13-6-4-5-8-21-13/h4-6,8H,3,7,9-10H2,1-2H3,(H,23,24). The zero-order chi connectivity index (χ0) is 22.2. The average molecular weight is 478 g/mol. The smallest absolute Gasteiger partial charge is 0.341 e. The fourth-order valence-corrected chi connectivity index (χ4v) is 7.27. The summed E-state index contributed by atoms with van der Waals surface area (Å²) in [6.07, 6.45) is 1.88. The van der Waals surface area contributed by atoms with Crippen LogP contribution in [0.3, 0.4) is 0 Å². The topological polar surface area (TPSA) is 115 Å². The molecular formula is C20H19N3O5S3. The zero-order valence-electron chi connectivity index (χ0n) is 16.8. The highest BCUT2D eigenvalue weighted by molar-refractivity contribution is 7.90. The molecule has 162 valence electrons. The Morgan fingerprint density at radius 2 is 2.06 bits per heavy atom. The highest BCUT2D eigenvalue weighted by Gasteiger charge is 2.32. The number of ether oxygens (including phenoxy) is 1. The molecule has 3 aromatic heterocycles. The number of thiophene rings is 1. The van der Waals surface area contributed by atoms with Gasteiger partial charge in [0.25, 0.3) is 5.91 Å². The van der Waals surface area contributed by atoms with E-state index in [2.05, 4.69) is 15.3 Å². The number of aryl methyl sites for hydroxylation is 1. The van der Waals surface area contributed by atoms with Crippen LogP contribution in [-0.2, 0) is 26.7 Å². The summed E-state index contributed by atoms with van der Waals surface area (Å²) in [6.45, 7) is 3.60. The molecule has 1 aliphatic heterocycles. The number of esters is 1. The van der Waals surface area contributed by atoms with Crippen LogP contribution in [0.2, 0.25) is 0 Å². The Bertz CT molecular complexity index is 1260. The van der Waals surface area contributed by atoms with E-state index in [4.69, 9.17) is 4.74 Å². The Morgan fingerprint density at radius 3 is 2.77 bits per heavy atom. The molecule has 11 heteroatoms. The third-order valence-electron chi connectivity index (χ3n) is 4.70. The van der Waals surface area contributed by atoms with Crippen LogP contribution in [-0.4, -0.2) is 42.6 Å². The summed E-state index contributed by atoms with van der Waals surface area (Å²) in [5.41, 5.74) is 2.10. The maximum atomic E-state index is 13.0. The lowest BCUT2D eigenvalue weighted by atomic mass is 10.1. The van der Waals surface area contributed by atoms with Crippen LogP contribution in [0, 0.1) is 6.92 Å². The van der Waals surface area contributed by atoms with Crippen LogP contribution in [0.25, 0.3) is 10.7 Å². The first-order valence-electron chi connectivity index (χ1n) is 9.51. The molecule has 1 amide bonds. The SMILES string of the molecule is CCOC(=O)c1c(NC(=O)c2sc(-c3ccccn3)nc2C)sc2c1CCS(=O)(=O)C2. The van der Waals surface area contributed by atoms with Gasteiger partial charge in [-0.05, 0) is 38.0 Å². The number of rotatable bonds is 5. The Hall–Kier alpha value is -2.63. The van der Waals surface area contributed by atoms with Gasteiger partial charge in [-0.3, -0.25) is 9.78 Å². The fourth-order valence-electron chi connectivity index (χ4n) is 3.30. The number of pyridine rings is 1. The summed E-state index contributed by atoms with van der Waals surface area (Å²) in [4.78, 5) is 35.3. The van der Waals surface area contributed by atoms with Gasteiger partial charge >= 0.3 is 5.97 Å². The number of amides is 1. The quantitative estimate of drug-likeness (QED) is 0.559. The molecule has 3 aromatic rings. The van der Waals surface area contributed by atoms with Gasteiger partial charge < -0.3 is 10.1 Å². The van der Waals surface area contributed by atoms with Crippen LogP contribution < -0.4 is 5.32 Å². The number of carbonyl (C=O) groups is 2. The Labute approximate surface area is 187 Å². The van der Waals surface area contributed by atoms with E-state index < -0.39 is 21.7 Å². The lowest BCUT2D eigenvalue weighted by Crippen LogP contribution is -2.20. The maximum absolute atomic E-state index is 13.0. The van der Waals surface area contributed by atoms with Gasteiger partial charge in [-0.1, -0.05) is 6.07 Å². The van der Waals surface area contributed by atoms with Crippen LogP contribution >= 0.6 is 22.7 Å². The first kappa shape index (κ1) is 21.6. The third-order valence-corrected chi connectivity index (χ3v) is 8.76. The van der Waals surface area contributed by atoms with Crippen molar-refractivity contribution in [2.24, 2.45) is 0 Å². The van der Waals surface area contributed by atoms with Crippen LogP contribution in [0.4, 0.5) is 5.00 Å². The van der Waals surface area contributed by atoms with Gasteiger partial charge in [-0.25, -0.2) is 18.2 Å². The number of aromatic nitrogens is 2. The predicted octanol–water partition coefficient (Wildman–Crippen LogP) is 3.47. The minimum absolute atomic E-state index is 0.0298. The maximum Gasteiger partial charge on any atom is 0.341 e. The summed E-state index contributed by atoms with van der Waals surface area (Å²) in [5.74, 6) is -1.15. The van der Waals surface area contributed by atoms with Gasteiger partial charge in [0.2, 0.25) is 0 Å². The van der Waals surface area contributed by atoms with Crippen molar-refractivity contribution in [3.8, 4) is 10.7 Å². The molecule has 0 saturated carbocycles. The second-order valence-corrected chi connectivity index (χ2v) is 11.2. The number of carbonyl (C=O) groups excluding carboxylic acids is 2. The van der Waals surface area contributed by atoms with Gasteiger partial charge in [0.15, 0.2) is 9.84 Å². The molecule has 0 aromatic carbocycles. The predicted molar refractivity (Wildman–Crippen MR) is 120 cm³/mol. The number of anilines is 1. The number of thiazole rings is 1. The number of hydrogen-bond acceptors (Lipinski definition) is 9. The first-order valence-corrected chi connectivity index (χ1v) is 13.0. The van der Waals surface area contributed by atoms with Crippen molar-refractivity contribution in [2.45, 2.75) is 26.0 Å². The van der Waals surface area contributed by atoms with Crippen molar-refractivity contribution in [1.82, 2.24) is 9.97 Å². The highest BCUT2D eigenvalue weighted by atomic mass is 32.2. The molecule has 0 saturated heterocycles. The number of hydrogen-bond donors (Lipinski definition) is 1. The Kier molecular flexibility index (Phi) is 5.91. The second-order valence-electron chi connectivity index (χ2n) is 6.87. The molecule has 8 nitrogen and oxygen atoms in total. The molecule has 0 unspecified atom stereocenters. The molecule has 0 radical (unpaired) electrons. The van der Waals surface area contributed by atoms with E-state index in [1.165, 1.54) is 11.3 Å². The summed E-state index contributed by atoms with van der Waals surface area (Å²) in [6, 6.07) is 5.45. The van der Waals surface area contributed by atoms with Crippen LogP contribution in [0.1, 0.15) is 43.1 Å². The second kappa shape index (κ2) is 8.48. The Balaban J connectivity index is 1.68. The van der Waals surface area contributed by atoms with Crippen molar-refractivity contribution >= 4 is 49.4 Å². The molecule has 0 spiro atoms. The third kappa shape index (κ3) is 4.39. The van der Waals surface area contributed by atoms with E-state index in [9.17, 15) is 18.0 Å². The zero-order valence-corrected chi connectivity index (χ0v) is 19.2. The average Bonchev–Trinajstić information content (AvgIpc) is 3.27. The summed E-state index contributed by atoms with van der Waals surface area (Å²) in [7, 11) is -3.22. The molecule has 31 heavy (non-hydrogen) atoms. The Morgan fingerprint density at radius 1 is 1.26 bits per heavy atom. The van der Waals surface area contributed by atoms with E-state index in [1.807, 2.05) is 12.1 Å². The highest BCUT2D eigenvalue weighted by Crippen LogP contribution is 2.39. The molecular weight excluding hydrogens is 458 g/mol. The lowest BCUT2D eigenvalue weighted by Gasteiger charge is -2.13. The lowest BCUT2D eigenvalue weighted by molar-refractivity contribution is 0.0527. The van der Waals surface area contributed by atoms with Crippen LogP contribution in [0.5, 0.6) is 0 Å². The number of fused-ring (bicyclic) bond motifs is 1. The first-order chi connectivity index (χ1) is 14.8. The monoisotopic (exact) mass is 477 g/mol. The molecule has 0 bridgehead atoms. The van der Waals surface area contributed by atoms with E-state index in [0.29, 0.717) is 36.7 Å². The van der Waals surface area contributed by atoms with Crippen LogP contribution in [0.15, 0.2) is 24.4 Å². The van der Waals surface area contributed by atoms with Crippen molar-refractivity contribution in [1.29, 1.82) is 0 Å². The summed E-state index contributed by atoms with van der Waals surface area (Å²) < 4.78 is 29.3. The van der Waals surface area contributed by atoms with Gasteiger partial charge in [0.1, 0.15) is 14.9 Å². The van der Waals surface area contributed by atoms with Gasteiger partial charge in [0, 0.05) is 11.1 Å². The minimum atomic E-state index is -3.22. The number of nitrogens with one attached hydrogen (secondary N) is 1. The van der Waals surface area contributed by atoms with Crippen molar-refractivity contribution in [3.63, 3.8) is 0 Å².